The van der Waals surface area contributed by atoms with Crippen molar-refractivity contribution in [2.75, 3.05) is 24.4 Å². The molecule has 1 rings (SSSR count). The molecule has 0 heterocycles. The first-order chi connectivity index (χ1) is 15.6. The molecule has 4 unspecified atom stereocenters. The zero-order valence-corrected chi connectivity index (χ0v) is 19.8. The van der Waals surface area contributed by atoms with E-state index in [1.807, 2.05) is 0 Å². The van der Waals surface area contributed by atoms with Gasteiger partial charge < -0.3 is 37.0 Å². The van der Waals surface area contributed by atoms with Gasteiger partial charge in [0.15, 0.2) is 0 Å². The van der Waals surface area contributed by atoms with Gasteiger partial charge in [-0.1, -0.05) is 12.1 Å². The Morgan fingerprint density at radius 3 is 2.06 bits per heavy atom. The normalized spacial score (nSPS) is 14.4. The summed E-state index contributed by atoms with van der Waals surface area (Å²) in [5, 5.41) is 35.5. The van der Waals surface area contributed by atoms with Gasteiger partial charge in [0.1, 0.15) is 23.9 Å². The summed E-state index contributed by atoms with van der Waals surface area (Å²) in [6.45, 7) is -0.730. The second-order valence-corrected chi connectivity index (χ2v) is 8.50. The van der Waals surface area contributed by atoms with Gasteiger partial charge in [0.05, 0.1) is 12.6 Å². The van der Waals surface area contributed by atoms with E-state index in [9.17, 15) is 34.5 Å². The highest BCUT2D eigenvalue weighted by molar-refractivity contribution is 7.98. The molecule has 11 nitrogen and oxygen atoms in total. The van der Waals surface area contributed by atoms with E-state index in [0.29, 0.717) is 11.3 Å². The number of benzene rings is 1. The number of thioether (sulfide) groups is 1. The van der Waals surface area contributed by atoms with Crippen molar-refractivity contribution in [2.24, 2.45) is 5.73 Å². The number of carboxylic acid groups (broad SMARTS) is 1. The Morgan fingerprint density at radius 1 is 1.00 bits per heavy atom. The van der Waals surface area contributed by atoms with Crippen molar-refractivity contribution in [1.82, 2.24) is 16.0 Å². The third-order valence-electron chi connectivity index (χ3n) is 4.58. The number of carboxylic acids is 1. The molecule has 0 bridgehead atoms. The number of hydrogen-bond donors (Lipinski definition) is 8. The van der Waals surface area contributed by atoms with Crippen LogP contribution >= 0.6 is 24.4 Å². The largest absolute Gasteiger partial charge is 0.508 e. The van der Waals surface area contributed by atoms with E-state index >= 15 is 0 Å². The Bertz CT molecular complexity index is 810. The van der Waals surface area contributed by atoms with Crippen molar-refractivity contribution in [3.8, 4) is 5.75 Å². The first-order valence-corrected chi connectivity index (χ1v) is 12.0. The fourth-order valence-electron chi connectivity index (χ4n) is 2.67. The van der Waals surface area contributed by atoms with Crippen molar-refractivity contribution in [3.63, 3.8) is 0 Å². The predicted octanol–water partition coefficient (Wildman–Crippen LogP) is -1.52. The number of thiol groups is 1. The van der Waals surface area contributed by atoms with Crippen molar-refractivity contribution in [1.29, 1.82) is 0 Å². The third kappa shape index (κ3) is 9.90. The number of hydrogen-bond acceptors (Lipinski definition) is 9. The minimum Gasteiger partial charge on any atom is -0.508 e. The van der Waals surface area contributed by atoms with Gasteiger partial charge in [-0.05, 0) is 36.1 Å². The topological polar surface area (TPSA) is 191 Å². The Hall–Kier alpha value is -2.48. The summed E-state index contributed by atoms with van der Waals surface area (Å²) in [5.74, 6) is -2.97. The molecule has 1 aromatic rings. The Kier molecular flexibility index (Phi) is 12.7. The molecular weight excluding hydrogens is 472 g/mol. The van der Waals surface area contributed by atoms with Crippen molar-refractivity contribution in [2.45, 2.75) is 37.0 Å². The van der Waals surface area contributed by atoms with E-state index in [1.54, 1.807) is 6.26 Å². The highest BCUT2D eigenvalue weighted by atomic mass is 32.2. The second kappa shape index (κ2) is 14.6. The SMILES string of the molecule is CSCCC(NC(=O)C(CO)NC(=O)C(N)CS)C(=O)NC(Cc1ccc(O)cc1)C(=O)O. The molecule has 0 aliphatic heterocycles. The minimum atomic E-state index is -1.35. The van der Waals surface area contributed by atoms with E-state index in [2.05, 4.69) is 28.6 Å². The quantitative estimate of drug-likeness (QED) is 0.140. The van der Waals surface area contributed by atoms with Crippen LogP contribution in [-0.4, -0.2) is 87.5 Å². The highest BCUT2D eigenvalue weighted by Crippen LogP contribution is 2.12. The van der Waals surface area contributed by atoms with Crippen LogP contribution < -0.4 is 21.7 Å². The van der Waals surface area contributed by atoms with Crippen molar-refractivity contribution >= 4 is 48.1 Å². The van der Waals surface area contributed by atoms with E-state index in [-0.39, 0.29) is 24.3 Å². The van der Waals surface area contributed by atoms with E-state index in [4.69, 9.17) is 5.73 Å². The fraction of sp³-hybridized carbons (Fsp3) is 0.500. The van der Waals surface area contributed by atoms with Crippen LogP contribution in [0.1, 0.15) is 12.0 Å². The number of rotatable bonds is 14. The molecule has 0 saturated carbocycles. The Balaban J connectivity index is 2.89. The van der Waals surface area contributed by atoms with Gasteiger partial charge in [-0.3, -0.25) is 14.4 Å². The van der Waals surface area contributed by atoms with Gasteiger partial charge in [0.2, 0.25) is 17.7 Å². The maximum absolute atomic E-state index is 12.8. The maximum Gasteiger partial charge on any atom is 0.326 e. The number of nitrogens with two attached hydrogens (primary N) is 1. The molecule has 184 valence electrons. The van der Waals surface area contributed by atoms with Gasteiger partial charge in [0, 0.05) is 12.2 Å². The molecule has 0 spiro atoms. The molecule has 1 aromatic carbocycles. The van der Waals surface area contributed by atoms with Crippen LogP contribution in [0.3, 0.4) is 0 Å². The molecule has 13 heteroatoms. The first kappa shape index (κ1) is 28.6. The Labute approximate surface area is 201 Å². The standard InChI is InChI=1S/C20H30N4O7S2/c1-33-7-6-14(22-19(29)16(9-25)24-17(27)13(21)10-32)18(28)23-15(20(30)31)8-11-2-4-12(26)5-3-11/h2-5,13-16,25-26,32H,6-10,21H2,1H3,(H,22,29)(H,23,28)(H,24,27)(H,30,31). The lowest BCUT2D eigenvalue weighted by Crippen LogP contribution is -2.58. The van der Waals surface area contributed by atoms with Gasteiger partial charge in [-0.15, -0.1) is 0 Å². The number of phenolic OH excluding ortho intramolecular Hbond substituents is 1. The summed E-state index contributed by atoms with van der Waals surface area (Å²) in [7, 11) is 0. The number of carbonyl (C=O) groups excluding carboxylic acids is 3. The van der Waals surface area contributed by atoms with Crippen LogP contribution in [0.5, 0.6) is 5.75 Å². The summed E-state index contributed by atoms with van der Waals surface area (Å²) < 4.78 is 0. The molecule has 8 N–H and O–H groups in total. The van der Waals surface area contributed by atoms with Crippen molar-refractivity contribution in [3.05, 3.63) is 29.8 Å². The smallest absolute Gasteiger partial charge is 0.326 e. The molecule has 0 fully saturated rings. The molecule has 0 aliphatic rings. The minimum absolute atomic E-state index is 0.0235. The predicted molar refractivity (Wildman–Crippen MR) is 127 cm³/mol. The summed E-state index contributed by atoms with van der Waals surface area (Å²) in [5.41, 5.74) is 6.13. The van der Waals surface area contributed by atoms with Crippen LogP contribution in [-0.2, 0) is 25.6 Å². The van der Waals surface area contributed by atoms with Gasteiger partial charge in [-0.2, -0.15) is 24.4 Å². The van der Waals surface area contributed by atoms with Crippen LogP contribution in [0.2, 0.25) is 0 Å². The Morgan fingerprint density at radius 2 is 1.55 bits per heavy atom. The number of nitrogens with one attached hydrogen (secondary N) is 3. The number of amides is 3. The van der Waals surface area contributed by atoms with Crippen LogP contribution in [0.15, 0.2) is 24.3 Å². The summed E-state index contributed by atoms with van der Waals surface area (Å²) in [6.07, 6.45) is 1.95. The molecule has 33 heavy (non-hydrogen) atoms. The number of carbonyl (C=O) groups is 4. The number of aliphatic hydroxyl groups is 1. The molecule has 4 atom stereocenters. The van der Waals surface area contributed by atoms with Crippen LogP contribution in [0.4, 0.5) is 0 Å². The zero-order chi connectivity index (χ0) is 25.0. The van der Waals surface area contributed by atoms with E-state index < -0.39 is 54.5 Å². The molecule has 0 aliphatic carbocycles. The highest BCUT2D eigenvalue weighted by Gasteiger charge is 2.29. The lowest BCUT2D eigenvalue weighted by Gasteiger charge is -2.24. The maximum atomic E-state index is 12.8. The van der Waals surface area contributed by atoms with Gasteiger partial charge >= 0.3 is 5.97 Å². The fourth-order valence-corrected chi connectivity index (χ4v) is 3.31. The summed E-state index contributed by atoms with van der Waals surface area (Å²) in [4.78, 5) is 49.0. The van der Waals surface area contributed by atoms with E-state index in [1.165, 1.54) is 36.0 Å². The number of phenols is 1. The zero-order valence-electron chi connectivity index (χ0n) is 18.1. The van der Waals surface area contributed by atoms with Crippen LogP contribution in [0, 0.1) is 0 Å². The average molecular weight is 503 g/mol. The third-order valence-corrected chi connectivity index (χ3v) is 5.62. The summed E-state index contributed by atoms with van der Waals surface area (Å²) in [6, 6.07) is 1.17. The average Bonchev–Trinajstić information content (AvgIpc) is 2.79. The monoisotopic (exact) mass is 502 g/mol. The molecule has 3 amide bonds. The molecule has 0 aromatic heterocycles. The second-order valence-electron chi connectivity index (χ2n) is 7.15. The first-order valence-electron chi connectivity index (χ1n) is 10.0. The van der Waals surface area contributed by atoms with E-state index in [0.717, 1.165) is 0 Å². The molecular formula is C20H30N4O7S2. The molecule has 0 saturated heterocycles. The van der Waals surface area contributed by atoms with Gasteiger partial charge in [-0.25, -0.2) is 4.79 Å². The lowest BCUT2D eigenvalue weighted by atomic mass is 10.0. The lowest BCUT2D eigenvalue weighted by molar-refractivity contribution is -0.142. The van der Waals surface area contributed by atoms with Crippen molar-refractivity contribution < 1.29 is 34.5 Å². The number of aromatic hydroxyl groups is 1. The number of aliphatic hydroxyl groups excluding tert-OH is 1. The molecule has 0 radical (unpaired) electrons. The number of aliphatic carboxylic acids is 1. The van der Waals surface area contributed by atoms with Crippen LogP contribution in [0.25, 0.3) is 0 Å². The summed E-state index contributed by atoms with van der Waals surface area (Å²) >= 11 is 5.32. The van der Waals surface area contributed by atoms with Gasteiger partial charge in [0.25, 0.3) is 0 Å².